The Morgan fingerprint density at radius 2 is 1.57 bits per heavy atom. The summed E-state index contributed by atoms with van der Waals surface area (Å²) in [5.41, 5.74) is 0.315. The SMILES string of the molecule is Cc1ccc(F)cc1S(=O)(=O)ON1C(=O)c2ccccc2C1=O. The van der Waals surface area contributed by atoms with E-state index >= 15 is 0 Å². The molecule has 2 aromatic carbocycles. The molecule has 0 N–H and O–H groups in total. The van der Waals surface area contributed by atoms with Crippen molar-refractivity contribution in [3.05, 3.63) is 65.0 Å². The topological polar surface area (TPSA) is 80.8 Å². The van der Waals surface area contributed by atoms with Gasteiger partial charge in [0.25, 0.3) is 11.8 Å². The largest absolute Gasteiger partial charge is 0.318 e. The number of rotatable bonds is 3. The van der Waals surface area contributed by atoms with E-state index in [4.69, 9.17) is 0 Å². The van der Waals surface area contributed by atoms with E-state index in [1.165, 1.54) is 25.1 Å². The molecule has 0 saturated carbocycles. The number of aryl methyl sites for hydroxylation is 1. The predicted molar refractivity (Wildman–Crippen MR) is 76.3 cm³/mol. The summed E-state index contributed by atoms with van der Waals surface area (Å²) in [7, 11) is -4.54. The highest BCUT2D eigenvalue weighted by atomic mass is 32.2. The average molecular weight is 335 g/mol. The van der Waals surface area contributed by atoms with Gasteiger partial charge in [-0.2, -0.15) is 8.42 Å². The van der Waals surface area contributed by atoms with Gasteiger partial charge in [-0.05, 0) is 36.8 Å². The third kappa shape index (κ3) is 2.51. The van der Waals surface area contributed by atoms with Crippen molar-refractivity contribution < 1.29 is 26.7 Å². The summed E-state index contributed by atoms with van der Waals surface area (Å²) in [6, 6.07) is 8.97. The Morgan fingerprint density at radius 1 is 1.00 bits per heavy atom. The summed E-state index contributed by atoms with van der Waals surface area (Å²) in [4.78, 5) is 23.8. The van der Waals surface area contributed by atoms with E-state index in [9.17, 15) is 22.4 Å². The molecule has 1 aliphatic heterocycles. The van der Waals surface area contributed by atoms with Crippen molar-refractivity contribution in [2.75, 3.05) is 0 Å². The molecule has 23 heavy (non-hydrogen) atoms. The van der Waals surface area contributed by atoms with Gasteiger partial charge in [-0.15, -0.1) is 9.35 Å². The van der Waals surface area contributed by atoms with Gasteiger partial charge in [0.2, 0.25) is 0 Å². The van der Waals surface area contributed by atoms with Crippen molar-refractivity contribution >= 4 is 21.9 Å². The van der Waals surface area contributed by atoms with Crippen LogP contribution in [0.4, 0.5) is 4.39 Å². The number of carbonyl (C=O) groups is 2. The Morgan fingerprint density at radius 3 is 2.13 bits per heavy atom. The summed E-state index contributed by atoms with van der Waals surface area (Å²) >= 11 is 0. The molecule has 0 spiro atoms. The average Bonchev–Trinajstić information content (AvgIpc) is 2.75. The Kier molecular flexibility index (Phi) is 3.50. The molecule has 8 heteroatoms. The van der Waals surface area contributed by atoms with Gasteiger partial charge in [0.15, 0.2) is 0 Å². The van der Waals surface area contributed by atoms with Gasteiger partial charge < -0.3 is 0 Å². The number of hydrogen-bond donors (Lipinski definition) is 0. The maximum Gasteiger partial charge on any atom is 0.318 e. The zero-order valence-corrected chi connectivity index (χ0v) is 12.6. The summed E-state index contributed by atoms with van der Waals surface area (Å²) in [5.74, 6) is -2.55. The lowest BCUT2D eigenvalue weighted by molar-refractivity contribution is -0.0104. The van der Waals surface area contributed by atoms with Gasteiger partial charge in [0.1, 0.15) is 10.7 Å². The lowest BCUT2D eigenvalue weighted by atomic mass is 10.1. The monoisotopic (exact) mass is 335 g/mol. The van der Waals surface area contributed by atoms with Gasteiger partial charge in [-0.25, -0.2) is 4.39 Å². The number of nitrogens with zero attached hydrogens (tertiary/aromatic N) is 1. The van der Waals surface area contributed by atoms with Crippen LogP contribution < -0.4 is 0 Å². The first-order valence-corrected chi connectivity index (χ1v) is 7.90. The van der Waals surface area contributed by atoms with Crippen molar-refractivity contribution in [1.82, 2.24) is 5.06 Å². The van der Waals surface area contributed by atoms with Crippen LogP contribution in [0.25, 0.3) is 0 Å². The van der Waals surface area contributed by atoms with Crippen LogP contribution in [0, 0.1) is 12.7 Å². The summed E-state index contributed by atoms with van der Waals surface area (Å²) < 4.78 is 42.5. The normalized spacial score (nSPS) is 14.3. The first kappa shape index (κ1) is 15.3. The van der Waals surface area contributed by atoms with E-state index < -0.39 is 32.6 Å². The summed E-state index contributed by atoms with van der Waals surface area (Å²) in [6.07, 6.45) is 0. The van der Waals surface area contributed by atoms with E-state index in [1.807, 2.05) is 0 Å². The van der Waals surface area contributed by atoms with Crippen LogP contribution in [0.15, 0.2) is 47.4 Å². The molecule has 0 atom stereocenters. The molecule has 0 aliphatic carbocycles. The van der Waals surface area contributed by atoms with Crippen molar-refractivity contribution in [3.8, 4) is 0 Å². The van der Waals surface area contributed by atoms with Crippen LogP contribution in [0.3, 0.4) is 0 Å². The number of fused-ring (bicyclic) bond motifs is 1. The van der Waals surface area contributed by atoms with Crippen LogP contribution in [-0.4, -0.2) is 25.3 Å². The van der Waals surface area contributed by atoms with E-state index in [-0.39, 0.29) is 21.8 Å². The van der Waals surface area contributed by atoms with Crippen LogP contribution in [-0.2, 0) is 14.4 Å². The lowest BCUT2D eigenvalue weighted by Gasteiger charge is -2.14. The number of imide groups is 1. The van der Waals surface area contributed by atoms with Crippen LogP contribution in [0.1, 0.15) is 26.3 Å². The number of amides is 2. The zero-order chi connectivity index (χ0) is 16.8. The number of carbonyl (C=O) groups excluding carboxylic acids is 2. The maximum atomic E-state index is 13.3. The Balaban J connectivity index is 1.98. The van der Waals surface area contributed by atoms with Gasteiger partial charge in [0, 0.05) is 0 Å². The van der Waals surface area contributed by atoms with E-state index in [1.54, 1.807) is 12.1 Å². The molecular weight excluding hydrogens is 325 g/mol. The second-order valence-corrected chi connectivity index (χ2v) is 6.39. The Labute approximate surface area is 131 Å². The first-order valence-electron chi connectivity index (χ1n) is 6.50. The van der Waals surface area contributed by atoms with Crippen molar-refractivity contribution in [2.24, 2.45) is 0 Å². The molecule has 3 rings (SSSR count). The zero-order valence-electron chi connectivity index (χ0n) is 11.8. The van der Waals surface area contributed by atoms with Crippen LogP contribution in [0.5, 0.6) is 0 Å². The quantitative estimate of drug-likeness (QED) is 0.802. The van der Waals surface area contributed by atoms with Gasteiger partial charge in [0.05, 0.1) is 11.1 Å². The van der Waals surface area contributed by atoms with Gasteiger partial charge in [-0.1, -0.05) is 18.2 Å². The highest BCUT2D eigenvalue weighted by Gasteiger charge is 2.40. The molecule has 0 bridgehead atoms. The molecule has 0 radical (unpaired) electrons. The molecule has 0 saturated heterocycles. The number of hydroxylamine groups is 2. The third-order valence-corrected chi connectivity index (χ3v) is 4.67. The fourth-order valence-corrected chi connectivity index (χ4v) is 3.35. The molecule has 2 aromatic rings. The van der Waals surface area contributed by atoms with Crippen molar-refractivity contribution in [3.63, 3.8) is 0 Å². The molecule has 118 valence electrons. The molecule has 2 amide bonds. The molecule has 0 unspecified atom stereocenters. The minimum Gasteiger partial charge on any atom is -0.266 e. The minimum absolute atomic E-state index is 0.0451. The molecule has 0 aromatic heterocycles. The number of halogens is 1. The highest BCUT2D eigenvalue weighted by molar-refractivity contribution is 7.86. The molecular formula is C15H10FNO5S. The van der Waals surface area contributed by atoms with Gasteiger partial charge >= 0.3 is 10.1 Å². The second kappa shape index (κ2) is 5.25. The maximum absolute atomic E-state index is 13.3. The fraction of sp³-hybridized carbons (Fsp3) is 0.0667. The summed E-state index contributed by atoms with van der Waals surface area (Å²) in [6.45, 7) is 1.44. The number of benzene rings is 2. The first-order chi connectivity index (χ1) is 10.8. The molecule has 1 heterocycles. The Hall–Kier alpha value is -2.58. The van der Waals surface area contributed by atoms with Crippen LogP contribution in [0.2, 0.25) is 0 Å². The third-order valence-electron chi connectivity index (χ3n) is 3.35. The number of hydrogen-bond acceptors (Lipinski definition) is 5. The predicted octanol–water partition coefficient (Wildman–Crippen LogP) is 2.05. The molecule has 6 nitrogen and oxygen atoms in total. The molecule has 0 fully saturated rings. The highest BCUT2D eigenvalue weighted by Crippen LogP contribution is 2.26. The van der Waals surface area contributed by atoms with E-state index in [0.29, 0.717) is 0 Å². The lowest BCUT2D eigenvalue weighted by Crippen LogP contribution is -2.33. The Bertz CT molecular complexity index is 904. The smallest absolute Gasteiger partial charge is 0.266 e. The minimum atomic E-state index is -4.54. The molecule has 1 aliphatic rings. The van der Waals surface area contributed by atoms with Crippen molar-refractivity contribution in [1.29, 1.82) is 0 Å². The van der Waals surface area contributed by atoms with E-state index in [0.717, 1.165) is 12.1 Å². The summed E-state index contributed by atoms with van der Waals surface area (Å²) in [5, 5.41) is 0.171. The van der Waals surface area contributed by atoms with E-state index in [2.05, 4.69) is 4.28 Å². The fourth-order valence-electron chi connectivity index (χ4n) is 2.22. The van der Waals surface area contributed by atoms with Crippen molar-refractivity contribution in [2.45, 2.75) is 11.8 Å². The van der Waals surface area contributed by atoms with Gasteiger partial charge in [-0.3, -0.25) is 9.59 Å². The second-order valence-electron chi connectivity index (χ2n) is 4.89. The van der Waals surface area contributed by atoms with Crippen LogP contribution >= 0.6 is 0 Å². The standard InChI is InChI=1S/C15H10FNO5S/c1-9-6-7-10(16)8-13(9)23(20,21)22-17-14(18)11-4-2-3-5-12(11)15(17)19/h2-8H,1H3.